The van der Waals surface area contributed by atoms with Crippen LogP contribution >= 0.6 is 11.3 Å². The van der Waals surface area contributed by atoms with E-state index in [1.165, 1.54) is 27.4 Å². The Morgan fingerprint density at radius 3 is 2.52 bits per heavy atom. The molecule has 0 bridgehead atoms. The third-order valence-electron chi connectivity index (χ3n) is 8.11. The lowest BCUT2D eigenvalue weighted by Gasteiger charge is -2.31. The highest BCUT2D eigenvalue weighted by Gasteiger charge is 2.62. The molecule has 3 aliphatic heterocycles. The molecule has 0 saturated carbocycles. The summed E-state index contributed by atoms with van der Waals surface area (Å²) in [4.78, 5) is 22.7. The average Bonchev–Trinajstić information content (AvgIpc) is 3.66. The Hall–Kier alpha value is -3.18. The molecule has 3 aromatic rings. The number of fused-ring (bicyclic) bond motifs is 3. The minimum Gasteiger partial charge on any atom is -0.351 e. The fourth-order valence-electron chi connectivity index (χ4n) is 6.02. The third-order valence-corrected chi connectivity index (χ3v) is 11.3. The predicted molar refractivity (Wildman–Crippen MR) is 142 cm³/mol. The highest BCUT2D eigenvalue weighted by atomic mass is 32.2. The number of rotatable bonds is 6. The van der Waals surface area contributed by atoms with Crippen molar-refractivity contribution in [2.24, 2.45) is 7.05 Å². The van der Waals surface area contributed by atoms with Gasteiger partial charge in [-0.15, -0.1) is 11.3 Å². The molecule has 3 aromatic heterocycles. The Labute approximate surface area is 241 Å². The topological polar surface area (TPSA) is 113 Å². The standard InChI is InChI=1S/C25H26F5N7O3S2/c1-3-23-12-24(26,27)13-37(23)21(38)16-8-18(41-20(16)23)19-17(25(28,29)30)10-31-22(34-19)33-14-4-6-36(7-5-14)42(39,40)15-9-32-35(2)11-15/h8-11,14H,3-7,12-13H2,1-2H3,(H,31,33,34). The van der Waals surface area contributed by atoms with Crippen molar-refractivity contribution in [2.75, 3.05) is 25.0 Å². The van der Waals surface area contributed by atoms with Crippen LogP contribution in [-0.4, -0.2) is 74.9 Å². The number of piperidine rings is 1. The molecule has 3 aliphatic rings. The zero-order chi connectivity index (χ0) is 30.2. The Morgan fingerprint density at radius 2 is 1.90 bits per heavy atom. The second-order valence-corrected chi connectivity index (χ2v) is 13.8. The van der Waals surface area contributed by atoms with E-state index in [0.29, 0.717) is 23.9 Å². The van der Waals surface area contributed by atoms with Crippen molar-refractivity contribution in [3.63, 3.8) is 0 Å². The number of nitrogens with one attached hydrogen (secondary N) is 1. The summed E-state index contributed by atoms with van der Waals surface area (Å²) < 4.78 is 99.3. The highest BCUT2D eigenvalue weighted by Crippen LogP contribution is 2.57. The van der Waals surface area contributed by atoms with Crippen molar-refractivity contribution in [2.45, 2.75) is 61.2 Å². The summed E-state index contributed by atoms with van der Waals surface area (Å²) >= 11 is 0.873. The summed E-state index contributed by atoms with van der Waals surface area (Å²) in [6, 6.07) is 0.988. The number of amides is 1. The van der Waals surface area contributed by atoms with Crippen molar-refractivity contribution in [3.05, 3.63) is 40.7 Å². The number of hydrogen-bond acceptors (Lipinski definition) is 8. The van der Waals surface area contributed by atoms with Crippen LogP contribution in [0.3, 0.4) is 0 Å². The molecule has 17 heteroatoms. The number of aryl methyl sites for hydroxylation is 1. The van der Waals surface area contributed by atoms with Gasteiger partial charge < -0.3 is 10.2 Å². The van der Waals surface area contributed by atoms with E-state index in [2.05, 4.69) is 20.4 Å². The summed E-state index contributed by atoms with van der Waals surface area (Å²) in [7, 11) is -2.13. The van der Waals surface area contributed by atoms with E-state index in [4.69, 9.17) is 0 Å². The summed E-state index contributed by atoms with van der Waals surface area (Å²) in [6.07, 6.45) is -1.18. The number of carbonyl (C=O) groups excluding carboxylic acids is 1. The molecule has 0 spiro atoms. The van der Waals surface area contributed by atoms with Crippen LogP contribution in [0, 0.1) is 0 Å². The number of thiophene rings is 1. The average molecular weight is 632 g/mol. The number of carbonyl (C=O) groups is 1. The SMILES string of the molecule is CCC12CC(F)(F)CN1C(=O)c1cc(-c3nc(NC4CCN(S(=O)(=O)c5cnn(C)c5)CC4)ncc3C(F)(F)F)sc12. The van der Waals surface area contributed by atoms with Gasteiger partial charge in [0.15, 0.2) is 0 Å². The van der Waals surface area contributed by atoms with Crippen LogP contribution in [0.4, 0.5) is 27.9 Å². The monoisotopic (exact) mass is 631 g/mol. The van der Waals surface area contributed by atoms with Gasteiger partial charge in [-0.3, -0.25) is 9.48 Å². The predicted octanol–water partition coefficient (Wildman–Crippen LogP) is 4.32. The second kappa shape index (κ2) is 9.67. The van der Waals surface area contributed by atoms with E-state index in [1.54, 1.807) is 14.0 Å². The number of halogens is 5. The fourth-order valence-corrected chi connectivity index (χ4v) is 8.89. The normalized spacial score (nSPS) is 22.9. The molecule has 0 aromatic carbocycles. The van der Waals surface area contributed by atoms with Gasteiger partial charge in [-0.2, -0.15) is 22.6 Å². The van der Waals surface area contributed by atoms with Gasteiger partial charge in [0.1, 0.15) is 10.5 Å². The van der Waals surface area contributed by atoms with Crippen molar-refractivity contribution in [3.8, 4) is 10.6 Å². The molecule has 1 atom stereocenters. The molecule has 10 nitrogen and oxygen atoms in total. The second-order valence-electron chi connectivity index (χ2n) is 10.8. The van der Waals surface area contributed by atoms with E-state index in [9.17, 15) is 35.2 Å². The number of alkyl halides is 5. The zero-order valence-corrected chi connectivity index (χ0v) is 24.1. The Kier molecular flexibility index (Phi) is 6.66. The van der Waals surface area contributed by atoms with Crippen LogP contribution in [0.25, 0.3) is 10.6 Å². The Bertz CT molecular complexity index is 1660. The molecule has 0 aliphatic carbocycles. The minimum absolute atomic E-state index is 0.0335. The van der Waals surface area contributed by atoms with Crippen LogP contribution in [0.5, 0.6) is 0 Å². The first-order valence-electron chi connectivity index (χ1n) is 13.2. The third kappa shape index (κ3) is 4.65. The van der Waals surface area contributed by atoms with Crippen LogP contribution < -0.4 is 5.32 Å². The molecule has 6 heterocycles. The van der Waals surface area contributed by atoms with E-state index < -0.39 is 57.8 Å². The first-order chi connectivity index (χ1) is 19.6. The smallest absolute Gasteiger partial charge is 0.351 e. The maximum atomic E-state index is 14.4. The first kappa shape index (κ1) is 28.9. The molecule has 6 rings (SSSR count). The van der Waals surface area contributed by atoms with E-state index in [0.717, 1.165) is 16.2 Å². The molecule has 42 heavy (non-hydrogen) atoms. The molecule has 1 unspecified atom stereocenters. The van der Waals surface area contributed by atoms with Crippen LogP contribution in [0.2, 0.25) is 0 Å². The molecule has 226 valence electrons. The number of aromatic nitrogens is 4. The first-order valence-corrected chi connectivity index (χ1v) is 15.4. The minimum atomic E-state index is -4.81. The zero-order valence-electron chi connectivity index (χ0n) is 22.5. The largest absolute Gasteiger partial charge is 0.420 e. The maximum Gasteiger partial charge on any atom is 0.420 e. The van der Waals surface area contributed by atoms with Gasteiger partial charge >= 0.3 is 6.18 Å². The maximum absolute atomic E-state index is 14.4. The Balaban J connectivity index is 1.26. The van der Waals surface area contributed by atoms with E-state index in [-0.39, 0.29) is 46.8 Å². The lowest BCUT2D eigenvalue weighted by Crippen LogP contribution is -2.42. The van der Waals surface area contributed by atoms with Gasteiger partial charge in [0.05, 0.1) is 34.4 Å². The lowest BCUT2D eigenvalue weighted by atomic mass is 9.91. The molecule has 1 N–H and O–H groups in total. The summed E-state index contributed by atoms with van der Waals surface area (Å²) in [5.74, 6) is -3.81. The van der Waals surface area contributed by atoms with Crippen LogP contribution in [-0.2, 0) is 28.8 Å². The summed E-state index contributed by atoms with van der Waals surface area (Å²) in [6.45, 7) is 1.29. The molecule has 2 fully saturated rings. The van der Waals surface area contributed by atoms with Gasteiger partial charge in [0.25, 0.3) is 11.8 Å². The molecular weight excluding hydrogens is 605 g/mol. The number of sulfonamides is 1. The quantitative estimate of drug-likeness (QED) is 0.403. The van der Waals surface area contributed by atoms with E-state index in [1.807, 2.05) is 0 Å². The molecule has 0 radical (unpaired) electrons. The summed E-state index contributed by atoms with van der Waals surface area (Å²) in [5, 5.41) is 6.92. The van der Waals surface area contributed by atoms with Crippen LogP contribution in [0.15, 0.2) is 29.6 Å². The van der Waals surface area contributed by atoms with Crippen molar-refractivity contribution in [1.82, 2.24) is 29.0 Å². The van der Waals surface area contributed by atoms with Crippen LogP contribution in [0.1, 0.15) is 53.4 Å². The van der Waals surface area contributed by atoms with Crippen molar-refractivity contribution in [1.29, 1.82) is 0 Å². The van der Waals surface area contributed by atoms with E-state index >= 15 is 0 Å². The number of nitrogens with zero attached hydrogens (tertiary/aromatic N) is 6. The highest BCUT2D eigenvalue weighted by molar-refractivity contribution is 7.89. The molecule has 2 saturated heterocycles. The number of hydrogen-bond donors (Lipinski definition) is 1. The van der Waals surface area contributed by atoms with Gasteiger partial charge in [-0.1, -0.05) is 6.92 Å². The molecule has 1 amide bonds. The summed E-state index contributed by atoms with van der Waals surface area (Å²) in [5.41, 5.74) is -2.71. The van der Waals surface area contributed by atoms with Crippen molar-refractivity contribution < 1.29 is 35.2 Å². The Morgan fingerprint density at radius 1 is 1.19 bits per heavy atom. The fraction of sp³-hybridized carbons (Fsp3) is 0.520. The molecular formula is C25H26F5N7O3S2. The van der Waals surface area contributed by atoms with Gasteiger partial charge in [-0.05, 0) is 25.3 Å². The lowest BCUT2D eigenvalue weighted by molar-refractivity contribution is -0.137. The van der Waals surface area contributed by atoms with Gasteiger partial charge in [-0.25, -0.2) is 27.2 Å². The number of anilines is 1. The van der Waals surface area contributed by atoms with Gasteiger partial charge in [0.2, 0.25) is 16.0 Å². The van der Waals surface area contributed by atoms with Gasteiger partial charge in [0, 0.05) is 49.9 Å². The van der Waals surface area contributed by atoms with Crippen molar-refractivity contribution >= 4 is 33.2 Å².